The minimum atomic E-state index is -0.634. The molecule has 2 aliphatic heterocycles. The van der Waals surface area contributed by atoms with Crippen molar-refractivity contribution >= 4 is 5.78 Å². The molecular weight excluding hydrogens is 252 g/mol. The zero-order valence-corrected chi connectivity index (χ0v) is 13.9. The Labute approximate surface area is 123 Å². The molecule has 0 radical (unpaired) electrons. The minimum absolute atomic E-state index is 0.0159. The van der Waals surface area contributed by atoms with Crippen LogP contribution in [-0.4, -0.2) is 65.6 Å². The molecule has 0 aromatic carbocycles. The van der Waals surface area contributed by atoms with E-state index in [1.165, 1.54) is 0 Å². The lowest BCUT2D eigenvalue weighted by molar-refractivity contribution is -0.132. The summed E-state index contributed by atoms with van der Waals surface area (Å²) < 4.78 is 5.99. The maximum atomic E-state index is 12.6. The van der Waals surface area contributed by atoms with E-state index in [0.29, 0.717) is 6.04 Å². The third-order valence-electron chi connectivity index (χ3n) is 4.96. The summed E-state index contributed by atoms with van der Waals surface area (Å²) in [5.74, 6) is 0.242. The first-order chi connectivity index (χ1) is 9.17. The summed E-state index contributed by atoms with van der Waals surface area (Å²) in [6.45, 7) is 17.5. The van der Waals surface area contributed by atoms with Crippen LogP contribution in [-0.2, 0) is 9.53 Å². The molecule has 0 spiro atoms. The highest BCUT2D eigenvalue weighted by molar-refractivity contribution is 5.91. The SMILES string of the molecule is CCN1CCN(CC2C(=O)C(C)(C)OC2(C)C)CC1C. The van der Waals surface area contributed by atoms with E-state index in [0.717, 1.165) is 32.7 Å². The number of ether oxygens (including phenoxy) is 1. The summed E-state index contributed by atoms with van der Waals surface area (Å²) >= 11 is 0. The van der Waals surface area contributed by atoms with Gasteiger partial charge in [-0.05, 0) is 41.2 Å². The predicted octanol–water partition coefficient (Wildman–Crippen LogP) is 1.79. The van der Waals surface area contributed by atoms with E-state index >= 15 is 0 Å². The van der Waals surface area contributed by atoms with Crippen molar-refractivity contribution in [3.05, 3.63) is 0 Å². The van der Waals surface area contributed by atoms with E-state index in [4.69, 9.17) is 4.74 Å². The van der Waals surface area contributed by atoms with Crippen LogP contribution in [0.15, 0.2) is 0 Å². The Morgan fingerprint density at radius 1 is 1.25 bits per heavy atom. The molecule has 2 aliphatic rings. The summed E-state index contributed by atoms with van der Waals surface area (Å²) in [6.07, 6.45) is 0. The number of hydrogen-bond acceptors (Lipinski definition) is 4. The first-order valence-electron chi connectivity index (χ1n) is 7.88. The molecule has 4 nitrogen and oxygen atoms in total. The van der Waals surface area contributed by atoms with Gasteiger partial charge in [-0.15, -0.1) is 0 Å². The molecule has 4 heteroatoms. The van der Waals surface area contributed by atoms with E-state index < -0.39 is 5.60 Å². The van der Waals surface area contributed by atoms with Gasteiger partial charge in [0, 0.05) is 32.2 Å². The summed E-state index contributed by atoms with van der Waals surface area (Å²) in [6, 6.07) is 0.572. The highest BCUT2D eigenvalue weighted by Crippen LogP contribution is 2.39. The van der Waals surface area contributed by atoms with Crippen LogP contribution >= 0.6 is 0 Å². The van der Waals surface area contributed by atoms with E-state index in [-0.39, 0.29) is 17.3 Å². The Morgan fingerprint density at radius 3 is 2.35 bits per heavy atom. The van der Waals surface area contributed by atoms with Crippen LogP contribution in [0.5, 0.6) is 0 Å². The molecule has 116 valence electrons. The van der Waals surface area contributed by atoms with Gasteiger partial charge in [-0.2, -0.15) is 0 Å². The molecular formula is C16H30N2O2. The van der Waals surface area contributed by atoms with E-state index in [1.54, 1.807) is 0 Å². The van der Waals surface area contributed by atoms with E-state index in [9.17, 15) is 4.79 Å². The van der Waals surface area contributed by atoms with Crippen LogP contribution < -0.4 is 0 Å². The molecule has 0 N–H and O–H groups in total. The maximum absolute atomic E-state index is 12.6. The van der Waals surface area contributed by atoms with Crippen LogP contribution in [0.3, 0.4) is 0 Å². The van der Waals surface area contributed by atoms with Gasteiger partial charge in [-0.3, -0.25) is 14.6 Å². The summed E-state index contributed by atoms with van der Waals surface area (Å²) in [5, 5.41) is 0. The molecule has 2 saturated heterocycles. The molecule has 2 unspecified atom stereocenters. The average Bonchev–Trinajstić information content (AvgIpc) is 2.48. The molecule has 0 aliphatic carbocycles. The fourth-order valence-electron chi connectivity index (χ4n) is 3.78. The molecule has 0 aromatic rings. The topological polar surface area (TPSA) is 32.8 Å². The number of rotatable bonds is 3. The summed E-state index contributed by atoms with van der Waals surface area (Å²) in [7, 11) is 0. The van der Waals surface area contributed by atoms with Gasteiger partial charge in [-0.25, -0.2) is 0 Å². The van der Waals surface area contributed by atoms with Crippen molar-refractivity contribution in [2.75, 3.05) is 32.7 Å². The number of Topliss-reactive ketones (excluding diaryl/α,β-unsaturated/α-hetero) is 1. The first kappa shape index (κ1) is 15.9. The highest BCUT2D eigenvalue weighted by Gasteiger charge is 2.53. The van der Waals surface area contributed by atoms with Gasteiger partial charge >= 0.3 is 0 Å². The van der Waals surface area contributed by atoms with Crippen molar-refractivity contribution in [3.63, 3.8) is 0 Å². The van der Waals surface area contributed by atoms with Crippen molar-refractivity contribution in [1.82, 2.24) is 9.80 Å². The minimum Gasteiger partial charge on any atom is -0.361 e. The average molecular weight is 282 g/mol. The second-order valence-corrected chi connectivity index (χ2v) is 7.37. The Kier molecular flexibility index (Phi) is 4.30. The van der Waals surface area contributed by atoms with E-state index in [1.807, 2.05) is 13.8 Å². The Balaban J connectivity index is 2.02. The summed E-state index contributed by atoms with van der Waals surface area (Å²) in [4.78, 5) is 17.5. The largest absolute Gasteiger partial charge is 0.361 e. The first-order valence-corrected chi connectivity index (χ1v) is 7.88. The quantitative estimate of drug-likeness (QED) is 0.790. The monoisotopic (exact) mass is 282 g/mol. The highest BCUT2D eigenvalue weighted by atomic mass is 16.5. The van der Waals surface area contributed by atoms with Crippen LogP contribution in [0.1, 0.15) is 41.5 Å². The van der Waals surface area contributed by atoms with Crippen molar-refractivity contribution in [2.45, 2.75) is 58.8 Å². The zero-order valence-electron chi connectivity index (χ0n) is 13.9. The predicted molar refractivity (Wildman–Crippen MR) is 80.9 cm³/mol. The number of piperazine rings is 1. The summed E-state index contributed by atoms with van der Waals surface area (Å²) in [5.41, 5.74) is -0.989. The number of ketones is 1. The zero-order chi connectivity index (χ0) is 15.1. The van der Waals surface area contributed by atoms with Crippen LogP contribution in [0.25, 0.3) is 0 Å². The second-order valence-electron chi connectivity index (χ2n) is 7.37. The van der Waals surface area contributed by atoms with E-state index in [2.05, 4.69) is 37.5 Å². The van der Waals surface area contributed by atoms with Gasteiger partial charge < -0.3 is 4.74 Å². The number of hydrogen-bond donors (Lipinski definition) is 0. The van der Waals surface area contributed by atoms with Gasteiger partial charge in [-0.1, -0.05) is 6.92 Å². The fraction of sp³-hybridized carbons (Fsp3) is 0.938. The molecule has 0 saturated carbocycles. The lowest BCUT2D eigenvalue weighted by Gasteiger charge is -2.41. The van der Waals surface area contributed by atoms with Gasteiger partial charge in [0.2, 0.25) is 0 Å². The molecule has 0 amide bonds. The van der Waals surface area contributed by atoms with Gasteiger partial charge in [0.1, 0.15) is 5.60 Å². The van der Waals surface area contributed by atoms with Crippen LogP contribution in [0.2, 0.25) is 0 Å². The fourth-order valence-corrected chi connectivity index (χ4v) is 3.78. The molecule has 0 aromatic heterocycles. The van der Waals surface area contributed by atoms with Crippen LogP contribution in [0, 0.1) is 5.92 Å². The Hall–Kier alpha value is -0.450. The molecule has 2 rings (SSSR count). The van der Waals surface area contributed by atoms with Gasteiger partial charge in [0.15, 0.2) is 5.78 Å². The number of nitrogens with zero attached hydrogens (tertiary/aromatic N) is 2. The Bertz CT molecular complexity index is 379. The normalized spacial score (nSPS) is 34.6. The smallest absolute Gasteiger partial charge is 0.171 e. The van der Waals surface area contributed by atoms with Crippen molar-refractivity contribution < 1.29 is 9.53 Å². The Morgan fingerprint density at radius 2 is 1.90 bits per heavy atom. The molecule has 0 bridgehead atoms. The lowest BCUT2D eigenvalue weighted by atomic mass is 9.85. The molecule has 2 fully saturated rings. The standard InChI is InChI=1S/C16H30N2O2/c1-7-18-9-8-17(10-12(18)2)11-13-14(19)16(5,6)20-15(13,3)4/h12-13H,7-11H2,1-6H3. The number of carbonyl (C=O) groups is 1. The third-order valence-corrected chi connectivity index (χ3v) is 4.96. The number of carbonyl (C=O) groups excluding carboxylic acids is 1. The molecule has 2 heterocycles. The third kappa shape index (κ3) is 2.92. The second kappa shape index (κ2) is 5.39. The number of likely N-dealkylation sites (N-methyl/N-ethyl adjacent to an activating group) is 1. The van der Waals surface area contributed by atoms with Crippen molar-refractivity contribution in [3.8, 4) is 0 Å². The molecule has 2 atom stereocenters. The molecule has 20 heavy (non-hydrogen) atoms. The lowest BCUT2D eigenvalue weighted by Crippen LogP contribution is -2.54. The van der Waals surface area contributed by atoms with Crippen LogP contribution in [0.4, 0.5) is 0 Å². The van der Waals surface area contributed by atoms with Gasteiger partial charge in [0.25, 0.3) is 0 Å². The van der Waals surface area contributed by atoms with Gasteiger partial charge in [0.05, 0.1) is 11.5 Å². The van der Waals surface area contributed by atoms with Crippen molar-refractivity contribution in [1.29, 1.82) is 0 Å². The maximum Gasteiger partial charge on any atom is 0.171 e. The van der Waals surface area contributed by atoms with Crippen molar-refractivity contribution in [2.24, 2.45) is 5.92 Å².